The molecule has 1 atom stereocenters. The third-order valence-corrected chi connectivity index (χ3v) is 4.20. The summed E-state index contributed by atoms with van der Waals surface area (Å²) in [7, 11) is 1.82. The van der Waals surface area contributed by atoms with Gasteiger partial charge in [-0.2, -0.15) is 5.10 Å². The zero-order chi connectivity index (χ0) is 17.8. The zero-order valence-corrected chi connectivity index (χ0v) is 14.2. The Bertz CT molecular complexity index is 874. The molecule has 1 aromatic heterocycles. The molecular formula is C20H20FN3O. The number of carbonyl (C=O) groups excluding carboxylic acids is 1. The number of nitrogens with one attached hydrogen (secondary N) is 1. The molecule has 1 heterocycles. The van der Waals surface area contributed by atoms with Crippen molar-refractivity contribution in [3.8, 4) is 11.1 Å². The van der Waals surface area contributed by atoms with Crippen LogP contribution in [0.5, 0.6) is 0 Å². The average molecular weight is 337 g/mol. The van der Waals surface area contributed by atoms with Crippen molar-refractivity contribution in [2.45, 2.75) is 19.4 Å². The maximum atomic E-state index is 14.5. The van der Waals surface area contributed by atoms with Crippen molar-refractivity contribution >= 4 is 5.91 Å². The van der Waals surface area contributed by atoms with Crippen LogP contribution in [0.4, 0.5) is 4.39 Å². The van der Waals surface area contributed by atoms with Crippen molar-refractivity contribution < 1.29 is 9.18 Å². The first kappa shape index (κ1) is 16.9. The van der Waals surface area contributed by atoms with Gasteiger partial charge >= 0.3 is 0 Å². The highest BCUT2D eigenvalue weighted by atomic mass is 19.1. The van der Waals surface area contributed by atoms with Crippen LogP contribution in [-0.4, -0.2) is 15.7 Å². The van der Waals surface area contributed by atoms with Crippen LogP contribution >= 0.6 is 0 Å². The average Bonchev–Trinajstić information content (AvgIpc) is 3.05. The highest BCUT2D eigenvalue weighted by Crippen LogP contribution is 2.26. The molecule has 0 unspecified atom stereocenters. The van der Waals surface area contributed by atoms with Gasteiger partial charge in [0.1, 0.15) is 5.82 Å². The van der Waals surface area contributed by atoms with Crippen molar-refractivity contribution in [3.63, 3.8) is 0 Å². The Balaban J connectivity index is 1.70. The molecule has 25 heavy (non-hydrogen) atoms. The molecule has 0 radical (unpaired) electrons. The molecule has 0 aliphatic carbocycles. The summed E-state index contributed by atoms with van der Waals surface area (Å²) in [6, 6.07) is 14.3. The van der Waals surface area contributed by atoms with E-state index in [9.17, 15) is 9.18 Å². The van der Waals surface area contributed by atoms with E-state index in [2.05, 4.69) is 10.4 Å². The molecule has 0 bridgehead atoms. The fourth-order valence-electron chi connectivity index (χ4n) is 2.71. The molecule has 3 rings (SSSR count). The molecule has 3 aromatic rings. The lowest BCUT2D eigenvalue weighted by atomic mass is 9.96. The number of hydrogen-bond acceptors (Lipinski definition) is 2. The molecule has 0 saturated heterocycles. The predicted molar refractivity (Wildman–Crippen MR) is 95.3 cm³/mol. The number of halogens is 1. The summed E-state index contributed by atoms with van der Waals surface area (Å²) >= 11 is 0. The van der Waals surface area contributed by atoms with Gasteiger partial charge in [-0.15, -0.1) is 0 Å². The van der Waals surface area contributed by atoms with E-state index in [0.717, 1.165) is 11.1 Å². The molecule has 5 heteroatoms. The summed E-state index contributed by atoms with van der Waals surface area (Å²) in [6.45, 7) is 2.18. The maximum Gasteiger partial charge on any atom is 0.227 e. The molecule has 0 aliphatic heterocycles. The highest BCUT2D eigenvalue weighted by molar-refractivity contribution is 5.83. The van der Waals surface area contributed by atoms with Crippen LogP contribution in [0.2, 0.25) is 0 Å². The third-order valence-electron chi connectivity index (χ3n) is 4.20. The van der Waals surface area contributed by atoms with Crippen LogP contribution in [0.25, 0.3) is 11.1 Å². The van der Waals surface area contributed by atoms with Crippen molar-refractivity contribution in [1.29, 1.82) is 0 Å². The summed E-state index contributed by atoms with van der Waals surface area (Å²) in [6.07, 6.45) is 3.55. The first-order chi connectivity index (χ1) is 12.0. The van der Waals surface area contributed by atoms with E-state index in [1.165, 1.54) is 6.07 Å². The monoisotopic (exact) mass is 337 g/mol. The van der Waals surface area contributed by atoms with E-state index < -0.39 is 5.92 Å². The maximum absolute atomic E-state index is 14.5. The summed E-state index contributed by atoms with van der Waals surface area (Å²) in [5.41, 5.74) is 2.93. The first-order valence-electron chi connectivity index (χ1n) is 8.14. The summed E-state index contributed by atoms with van der Waals surface area (Å²) in [5, 5.41) is 6.93. The topological polar surface area (TPSA) is 46.9 Å². The number of amides is 1. The molecular weight excluding hydrogens is 317 g/mol. The summed E-state index contributed by atoms with van der Waals surface area (Å²) in [4.78, 5) is 12.3. The fraction of sp³-hybridized carbons (Fsp3) is 0.200. The molecule has 0 aliphatic rings. The fourth-order valence-corrected chi connectivity index (χ4v) is 2.71. The van der Waals surface area contributed by atoms with Crippen molar-refractivity contribution in [2.24, 2.45) is 7.05 Å². The lowest BCUT2D eigenvalue weighted by Gasteiger charge is -2.13. The van der Waals surface area contributed by atoms with E-state index in [0.29, 0.717) is 17.7 Å². The molecule has 128 valence electrons. The van der Waals surface area contributed by atoms with Crippen molar-refractivity contribution in [1.82, 2.24) is 15.1 Å². The van der Waals surface area contributed by atoms with Gasteiger partial charge in [0.25, 0.3) is 0 Å². The normalized spacial score (nSPS) is 12.0. The van der Waals surface area contributed by atoms with E-state index >= 15 is 0 Å². The van der Waals surface area contributed by atoms with Gasteiger partial charge in [0, 0.05) is 30.9 Å². The Kier molecular flexibility index (Phi) is 4.93. The van der Waals surface area contributed by atoms with Gasteiger partial charge in [0.05, 0.1) is 12.1 Å². The Hall–Kier alpha value is -2.95. The molecule has 0 spiro atoms. The number of aromatic nitrogens is 2. The van der Waals surface area contributed by atoms with E-state index in [-0.39, 0.29) is 11.7 Å². The minimum Gasteiger partial charge on any atom is -0.351 e. The number of hydrogen-bond donors (Lipinski definition) is 1. The smallest absolute Gasteiger partial charge is 0.227 e. The standard InChI is InChI=1S/C20H20FN3O/c1-14(20(25)22-11-15-12-23-24(2)13-15)17-8-9-18(19(21)10-17)16-6-4-3-5-7-16/h3-10,12-14H,11H2,1-2H3,(H,22,25)/t14-/m0/s1. The predicted octanol–water partition coefficient (Wildman–Crippen LogP) is 3.65. The number of rotatable bonds is 5. The van der Waals surface area contributed by atoms with Crippen molar-refractivity contribution in [3.05, 3.63) is 77.9 Å². The van der Waals surface area contributed by atoms with Crippen LogP contribution in [0, 0.1) is 5.82 Å². The van der Waals surface area contributed by atoms with Gasteiger partial charge in [0.15, 0.2) is 0 Å². The minimum absolute atomic E-state index is 0.143. The minimum atomic E-state index is -0.434. The Morgan fingerprint density at radius 1 is 1.24 bits per heavy atom. The second-order valence-corrected chi connectivity index (χ2v) is 6.07. The largest absolute Gasteiger partial charge is 0.351 e. The molecule has 1 N–H and O–H groups in total. The molecule has 1 amide bonds. The van der Waals surface area contributed by atoms with Crippen LogP contribution in [0.1, 0.15) is 24.0 Å². The van der Waals surface area contributed by atoms with Gasteiger partial charge in [-0.3, -0.25) is 9.48 Å². The second-order valence-electron chi connectivity index (χ2n) is 6.07. The van der Waals surface area contributed by atoms with Gasteiger partial charge < -0.3 is 5.32 Å². The summed E-state index contributed by atoms with van der Waals surface area (Å²) in [5.74, 6) is -0.901. The van der Waals surface area contributed by atoms with Gasteiger partial charge in [-0.05, 0) is 24.1 Å². The van der Waals surface area contributed by atoms with Gasteiger partial charge in [-0.25, -0.2) is 4.39 Å². The quantitative estimate of drug-likeness (QED) is 0.772. The lowest BCUT2D eigenvalue weighted by molar-refractivity contribution is -0.122. The number of carbonyl (C=O) groups is 1. The van der Waals surface area contributed by atoms with Crippen molar-refractivity contribution in [2.75, 3.05) is 0 Å². The number of nitrogens with zero attached hydrogens (tertiary/aromatic N) is 2. The highest BCUT2D eigenvalue weighted by Gasteiger charge is 2.17. The molecule has 2 aromatic carbocycles. The SMILES string of the molecule is C[C@H](C(=O)NCc1cnn(C)c1)c1ccc(-c2ccccc2)c(F)c1. The second kappa shape index (κ2) is 7.30. The zero-order valence-electron chi connectivity index (χ0n) is 14.2. The van der Waals surface area contributed by atoms with Crippen LogP contribution in [0.15, 0.2) is 60.9 Å². The van der Waals surface area contributed by atoms with Crippen LogP contribution in [-0.2, 0) is 18.4 Å². The third kappa shape index (κ3) is 3.94. The Labute approximate surface area is 146 Å². The molecule has 4 nitrogen and oxygen atoms in total. The Morgan fingerprint density at radius 3 is 2.64 bits per heavy atom. The van der Waals surface area contributed by atoms with E-state index in [1.54, 1.807) is 29.9 Å². The van der Waals surface area contributed by atoms with E-state index in [1.807, 2.05) is 43.6 Å². The Morgan fingerprint density at radius 2 is 2.00 bits per heavy atom. The first-order valence-corrected chi connectivity index (χ1v) is 8.14. The lowest BCUT2D eigenvalue weighted by Crippen LogP contribution is -2.27. The molecule has 0 fully saturated rings. The van der Waals surface area contributed by atoms with Gasteiger partial charge in [0.2, 0.25) is 5.91 Å². The number of aryl methyl sites for hydroxylation is 1. The van der Waals surface area contributed by atoms with Crippen LogP contribution in [0.3, 0.4) is 0 Å². The van der Waals surface area contributed by atoms with E-state index in [4.69, 9.17) is 0 Å². The summed E-state index contributed by atoms with van der Waals surface area (Å²) < 4.78 is 16.2. The van der Waals surface area contributed by atoms with Gasteiger partial charge in [-0.1, -0.05) is 42.5 Å². The molecule has 0 saturated carbocycles. The number of benzene rings is 2. The van der Waals surface area contributed by atoms with Crippen LogP contribution < -0.4 is 5.32 Å².